The second kappa shape index (κ2) is 5.96. The molecule has 1 aromatic rings. The molecule has 0 aliphatic carbocycles. The molecular weight excluding hydrogens is 255 g/mol. The molecule has 0 saturated carbocycles. The molecule has 0 amide bonds. The zero-order valence-corrected chi connectivity index (χ0v) is 11.1. The second-order valence-electron chi connectivity index (χ2n) is 3.89. The summed E-state index contributed by atoms with van der Waals surface area (Å²) < 4.78 is 15.5. The summed E-state index contributed by atoms with van der Waals surface area (Å²) >= 11 is 0. The quantitative estimate of drug-likeness (QED) is 0.494. The van der Waals surface area contributed by atoms with Crippen LogP contribution in [0.4, 0.5) is 0 Å². The predicted octanol–water partition coefficient (Wildman–Crippen LogP) is 1.73. The molecule has 2 N–H and O–H groups in total. The fraction of sp³-hybridized carbons (Fsp3) is 0.250. The maximum absolute atomic E-state index is 11.4. The molecule has 6 heteroatoms. The molecule has 98 valence electrons. The van der Waals surface area contributed by atoms with Crippen molar-refractivity contribution in [2.24, 2.45) is 0 Å². The molecular formula is C12H15O5P. The van der Waals surface area contributed by atoms with E-state index in [0.29, 0.717) is 5.56 Å². The van der Waals surface area contributed by atoms with Crippen molar-refractivity contribution in [1.29, 1.82) is 0 Å². The van der Waals surface area contributed by atoms with Gasteiger partial charge in [-0.05, 0) is 18.6 Å². The molecule has 0 heterocycles. The van der Waals surface area contributed by atoms with E-state index < -0.39 is 19.7 Å². The van der Waals surface area contributed by atoms with Gasteiger partial charge in [0.05, 0.1) is 13.3 Å². The molecule has 0 bridgehead atoms. The molecule has 0 saturated heterocycles. The highest BCUT2D eigenvalue weighted by molar-refractivity contribution is 7.52. The fourth-order valence-electron chi connectivity index (χ4n) is 1.39. The Morgan fingerprint density at radius 3 is 2.33 bits per heavy atom. The van der Waals surface area contributed by atoms with Crippen molar-refractivity contribution in [3.63, 3.8) is 0 Å². The first-order chi connectivity index (χ1) is 8.31. The van der Waals surface area contributed by atoms with E-state index in [1.54, 1.807) is 12.1 Å². The number of carbonyl (C=O) groups is 1. The van der Waals surface area contributed by atoms with E-state index in [9.17, 15) is 9.36 Å². The number of benzene rings is 1. The monoisotopic (exact) mass is 270 g/mol. The lowest BCUT2D eigenvalue weighted by Crippen LogP contribution is -2.08. The molecule has 0 atom stereocenters. The summed E-state index contributed by atoms with van der Waals surface area (Å²) in [5.41, 5.74) is 1.70. The van der Waals surface area contributed by atoms with Crippen LogP contribution in [0, 0.1) is 6.92 Å². The van der Waals surface area contributed by atoms with E-state index in [1.807, 2.05) is 19.1 Å². The summed E-state index contributed by atoms with van der Waals surface area (Å²) in [6.45, 7) is 1.92. The summed E-state index contributed by atoms with van der Waals surface area (Å²) in [6.07, 6.45) is 0.790. The second-order valence-corrected chi connectivity index (χ2v) is 5.54. The van der Waals surface area contributed by atoms with Gasteiger partial charge >= 0.3 is 13.6 Å². The van der Waals surface area contributed by atoms with E-state index >= 15 is 0 Å². The van der Waals surface area contributed by atoms with Crippen LogP contribution in [0.25, 0.3) is 6.08 Å². The molecule has 0 aromatic heterocycles. The molecule has 18 heavy (non-hydrogen) atoms. The maximum Gasteiger partial charge on any atom is 0.334 e. The molecule has 0 spiro atoms. The summed E-state index contributed by atoms with van der Waals surface area (Å²) in [5.74, 6) is -0.737. The topological polar surface area (TPSA) is 83.8 Å². The van der Waals surface area contributed by atoms with Crippen molar-refractivity contribution in [3.05, 3.63) is 41.0 Å². The average molecular weight is 270 g/mol. The summed E-state index contributed by atoms with van der Waals surface area (Å²) in [7, 11) is -3.13. The van der Waals surface area contributed by atoms with Crippen molar-refractivity contribution in [1.82, 2.24) is 0 Å². The molecule has 5 nitrogen and oxygen atoms in total. The number of aryl methyl sites for hydroxylation is 1. The Morgan fingerprint density at radius 1 is 1.33 bits per heavy atom. The highest BCUT2D eigenvalue weighted by Crippen LogP contribution is 2.37. The molecule has 1 aromatic carbocycles. The molecule has 0 aliphatic heterocycles. The first kappa shape index (κ1) is 14.6. The SMILES string of the molecule is COC(=O)/C(=C/c1ccc(C)cc1)CP(=O)(O)O. The minimum absolute atomic E-state index is 0.0466. The van der Waals surface area contributed by atoms with Crippen molar-refractivity contribution < 1.29 is 23.9 Å². The van der Waals surface area contributed by atoms with Gasteiger partial charge in [0.25, 0.3) is 0 Å². The van der Waals surface area contributed by atoms with Gasteiger partial charge in [0.2, 0.25) is 0 Å². The van der Waals surface area contributed by atoms with Gasteiger partial charge in [0, 0.05) is 5.57 Å². The normalized spacial score (nSPS) is 12.3. The third kappa shape index (κ3) is 4.84. The number of methoxy groups -OCH3 is 1. The largest absolute Gasteiger partial charge is 0.466 e. The fourth-order valence-corrected chi connectivity index (χ4v) is 2.05. The highest BCUT2D eigenvalue weighted by Gasteiger charge is 2.21. The minimum Gasteiger partial charge on any atom is -0.466 e. The summed E-state index contributed by atoms with van der Waals surface area (Å²) in [6, 6.07) is 7.21. The Bertz CT molecular complexity index is 498. The summed E-state index contributed by atoms with van der Waals surface area (Å²) in [4.78, 5) is 29.3. The zero-order chi connectivity index (χ0) is 13.8. The third-order valence-electron chi connectivity index (χ3n) is 2.24. The van der Waals surface area contributed by atoms with E-state index in [-0.39, 0.29) is 5.57 Å². The van der Waals surface area contributed by atoms with Crippen LogP contribution in [0.2, 0.25) is 0 Å². The Morgan fingerprint density at radius 2 is 1.89 bits per heavy atom. The van der Waals surface area contributed by atoms with Crippen molar-refractivity contribution in [3.8, 4) is 0 Å². The molecule has 0 radical (unpaired) electrons. The zero-order valence-electron chi connectivity index (χ0n) is 10.2. The molecule has 0 aliphatic rings. The number of esters is 1. The van der Waals surface area contributed by atoms with Crippen LogP contribution in [-0.2, 0) is 14.1 Å². The van der Waals surface area contributed by atoms with E-state index in [2.05, 4.69) is 4.74 Å². The van der Waals surface area contributed by atoms with Crippen molar-refractivity contribution in [2.75, 3.05) is 13.3 Å². The van der Waals surface area contributed by atoms with Crippen LogP contribution in [0.5, 0.6) is 0 Å². The smallest absolute Gasteiger partial charge is 0.334 e. The van der Waals surface area contributed by atoms with Gasteiger partial charge in [-0.15, -0.1) is 0 Å². The lowest BCUT2D eigenvalue weighted by molar-refractivity contribution is -0.135. The van der Waals surface area contributed by atoms with Crippen molar-refractivity contribution in [2.45, 2.75) is 6.92 Å². The van der Waals surface area contributed by atoms with E-state index in [4.69, 9.17) is 9.79 Å². The first-order valence-electron chi connectivity index (χ1n) is 5.22. The third-order valence-corrected chi connectivity index (χ3v) is 2.99. The molecule has 0 unspecified atom stereocenters. The Hall–Kier alpha value is -1.42. The van der Waals surface area contributed by atoms with Gasteiger partial charge in [0.15, 0.2) is 0 Å². The standard InChI is InChI=1S/C12H15O5P/c1-9-3-5-10(6-4-9)7-11(12(13)17-2)8-18(14,15)16/h3-7H,8H2,1-2H3,(H2,14,15,16)/b11-7+. The van der Waals surface area contributed by atoms with Gasteiger partial charge in [-0.2, -0.15) is 0 Å². The predicted molar refractivity (Wildman–Crippen MR) is 68.1 cm³/mol. The van der Waals surface area contributed by atoms with Crippen molar-refractivity contribution >= 4 is 19.6 Å². The number of hydrogen-bond donors (Lipinski definition) is 2. The maximum atomic E-state index is 11.4. The number of carbonyl (C=O) groups excluding carboxylic acids is 1. The van der Waals surface area contributed by atoms with Gasteiger partial charge in [-0.25, -0.2) is 4.79 Å². The summed E-state index contributed by atoms with van der Waals surface area (Å²) in [5, 5.41) is 0. The van der Waals surface area contributed by atoms with Gasteiger partial charge < -0.3 is 14.5 Å². The van der Waals surface area contributed by atoms with Crippen LogP contribution in [0.3, 0.4) is 0 Å². The minimum atomic E-state index is -4.30. The Labute approximate surface area is 105 Å². The number of ether oxygens (including phenoxy) is 1. The van der Waals surface area contributed by atoms with Crippen LogP contribution in [0.1, 0.15) is 11.1 Å². The van der Waals surface area contributed by atoms with Crippen LogP contribution in [-0.4, -0.2) is 29.0 Å². The molecule has 1 rings (SSSR count). The van der Waals surface area contributed by atoms with Gasteiger partial charge in [0.1, 0.15) is 0 Å². The van der Waals surface area contributed by atoms with Gasteiger partial charge in [-0.1, -0.05) is 29.8 Å². The number of rotatable bonds is 4. The Balaban J connectivity index is 3.06. The lowest BCUT2D eigenvalue weighted by atomic mass is 10.1. The van der Waals surface area contributed by atoms with E-state index in [0.717, 1.165) is 5.56 Å². The first-order valence-corrected chi connectivity index (χ1v) is 7.02. The van der Waals surface area contributed by atoms with Crippen LogP contribution >= 0.6 is 7.60 Å². The lowest BCUT2D eigenvalue weighted by Gasteiger charge is -2.07. The molecule has 0 fully saturated rings. The van der Waals surface area contributed by atoms with Crippen LogP contribution < -0.4 is 0 Å². The van der Waals surface area contributed by atoms with Gasteiger partial charge in [-0.3, -0.25) is 4.57 Å². The number of hydrogen-bond acceptors (Lipinski definition) is 3. The Kier molecular flexibility index (Phi) is 4.84. The highest BCUT2D eigenvalue weighted by atomic mass is 31.2. The van der Waals surface area contributed by atoms with Crippen LogP contribution in [0.15, 0.2) is 29.8 Å². The van der Waals surface area contributed by atoms with E-state index in [1.165, 1.54) is 13.2 Å². The average Bonchev–Trinajstić information content (AvgIpc) is 2.28.